The summed E-state index contributed by atoms with van der Waals surface area (Å²) >= 11 is 0. The van der Waals surface area contributed by atoms with Crippen LogP contribution in [0.4, 0.5) is 5.82 Å². The fourth-order valence-electron chi connectivity index (χ4n) is 2.56. The lowest BCUT2D eigenvalue weighted by Gasteiger charge is -2.37. The molecule has 0 aliphatic carbocycles. The van der Waals surface area contributed by atoms with E-state index in [9.17, 15) is 4.79 Å². The molecule has 2 saturated heterocycles. The largest absolute Gasteiger partial charge is 0.378 e. The monoisotopic (exact) mass is 349 g/mol. The third kappa shape index (κ3) is 4.42. The van der Waals surface area contributed by atoms with E-state index in [1.807, 2.05) is 17.0 Å². The van der Waals surface area contributed by atoms with E-state index in [0.29, 0.717) is 26.3 Å². The van der Waals surface area contributed by atoms with Gasteiger partial charge < -0.3 is 19.9 Å². The zero-order valence-electron chi connectivity index (χ0n) is 12.2. The summed E-state index contributed by atoms with van der Waals surface area (Å²) in [6.45, 7) is 4.92. The highest BCUT2D eigenvalue weighted by Crippen LogP contribution is 2.12. The number of anilines is 1. The molecule has 2 aliphatic heterocycles. The maximum Gasteiger partial charge on any atom is 0.242 e. The Hall–Kier alpha value is -1.15. The van der Waals surface area contributed by atoms with Crippen LogP contribution in [0.25, 0.3) is 0 Å². The Morgan fingerprint density at radius 2 is 2.05 bits per heavy atom. The van der Waals surface area contributed by atoms with Crippen LogP contribution in [0, 0.1) is 0 Å². The second-order valence-corrected chi connectivity index (χ2v) is 4.98. The molecule has 7 nitrogen and oxygen atoms in total. The van der Waals surface area contributed by atoms with Gasteiger partial charge in [-0.2, -0.15) is 5.10 Å². The molecule has 22 heavy (non-hydrogen) atoms. The number of rotatable bonds is 2. The van der Waals surface area contributed by atoms with Crippen LogP contribution in [0.5, 0.6) is 0 Å². The number of hydrogen-bond donors (Lipinski definition) is 1. The van der Waals surface area contributed by atoms with Gasteiger partial charge in [0.25, 0.3) is 0 Å². The lowest BCUT2D eigenvalue weighted by molar-refractivity contribution is -0.136. The molecule has 2 aliphatic rings. The van der Waals surface area contributed by atoms with Crippen molar-refractivity contribution in [2.24, 2.45) is 0 Å². The third-order valence-corrected chi connectivity index (χ3v) is 3.69. The zero-order chi connectivity index (χ0) is 13.8. The van der Waals surface area contributed by atoms with Crippen molar-refractivity contribution in [3.05, 3.63) is 18.3 Å². The molecule has 0 bridgehead atoms. The van der Waals surface area contributed by atoms with Gasteiger partial charge in [-0.25, -0.2) is 0 Å². The minimum absolute atomic E-state index is 0. The fourth-order valence-corrected chi connectivity index (χ4v) is 2.56. The zero-order valence-corrected chi connectivity index (χ0v) is 13.8. The number of nitrogens with zero attached hydrogens (tertiary/aromatic N) is 4. The second-order valence-electron chi connectivity index (χ2n) is 4.98. The number of aromatic nitrogens is 2. The van der Waals surface area contributed by atoms with Gasteiger partial charge in [0.2, 0.25) is 5.91 Å². The number of halogens is 2. The predicted molar refractivity (Wildman–Crippen MR) is 87.9 cm³/mol. The molecule has 1 aromatic heterocycles. The van der Waals surface area contributed by atoms with Crippen molar-refractivity contribution >= 4 is 36.5 Å². The summed E-state index contributed by atoms with van der Waals surface area (Å²) in [6, 6.07) is 3.64. The van der Waals surface area contributed by atoms with Crippen LogP contribution in [0.2, 0.25) is 0 Å². The van der Waals surface area contributed by atoms with Gasteiger partial charge >= 0.3 is 0 Å². The van der Waals surface area contributed by atoms with Crippen LogP contribution in [-0.4, -0.2) is 73.0 Å². The highest BCUT2D eigenvalue weighted by Gasteiger charge is 2.29. The molecule has 1 amide bonds. The van der Waals surface area contributed by atoms with E-state index in [2.05, 4.69) is 20.4 Å². The summed E-state index contributed by atoms with van der Waals surface area (Å²) in [4.78, 5) is 16.4. The van der Waals surface area contributed by atoms with Gasteiger partial charge in [-0.3, -0.25) is 4.79 Å². The van der Waals surface area contributed by atoms with Crippen molar-refractivity contribution < 1.29 is 9.53 Å². The highest BCUT2D eigenvalue weighted by molar-refractivity contribution is 5.85. The second kappa shape index (κ2) is 9.09. The molecule has 3 heterocycles. The Morgan fingerprint density at radius 1 is 1.27 bits per heavy atom. The third-order valence-electron chi connectivity index (χ3n) is 3.69. The van der Waals surface area contributed by atoms with Gasteiger partial charge in [-0.05, 0) is 12.1 Å². The number of morpholine rings is 1. The number of hydrogen-bond acceptors (Lipinski definition) is 6. The molecular formula is C13H21Cl2N5O2. The highest BCUT2D eigenvalue weighted by atomic mass is 35.5. The first-order chi connectivity index (χ1) is 9.84. The quantitative estimate of drug-likeness (QED) is 0.807. The van der Waals surface area contributed by atoms with Crippen molar-refractivity contribution in [3.8, 4) is 0 Å². The standard InChI is InChI=1S/C13H19N5O2.2ClH/c19-13(11-10-20-9-4-14-11)18-7-5-17(6-8-18)12-2-1-3-15-16-12;;/h1-3,11,14H,4-10H2;2*1H. The normalized spacial score (nSPS) is 21.5. The topological polar surface area (TPSA) is 70.6 Å². The molecule has 0 aromatic carbocycles. The molecule has 1 N–H and O–H groups in total. The van der Waals surface area contributed by atoms with E-state index < -0.39 is 0 Å². The Kier molecular flexibility index (Phi) is 7.81. The molecular weight excluding hydrogens is 329 g/mol. The molecule has 0 radical (unpaired) electrons. The van der Waals surface area contributed by atoms with Crippen LogP contribution in [0.3, 0.4) is 0 Å². The number of nitrogens with one attached hydrogen (secondary N) is 1. The Bertz CT molecular complexity index is 451. The summed E-state index contributed by atoms with van der Waals surface area (Å²) in [5, 5.41) is 11.2. The van der Waals surface area contributed by atoms with Crippen LogP contribution in [-0.2, 0) is 9.53 Å². The van der Waals surface area contributed by atoms with Crippen molar-refractivity contribution in [1.82, 2.24) is 20.4 Å². The van der Waals surface area contributed by atoms with Crippen molar-refractivity contribution in [3.63, 3.8) is 0 Å². The van der Waals surface area contributed by atoms with E-state index in [1.165, 1.54) is 0 Å². The lowest BCUT2D eigenvalue weighted by Crippen LogP contribution is -2.57. The predicted octanol–water partition coefficient (Wildman–Crippen LogP) is -0.0428. The van der Waals surface area contributed by atoms with Crippen LogP contribution < -0.4 is 10.2 Å². The van der Waals surface area contributed by atoms with Crippen LogP contribution >= 0.6 is 24.8 Å². The number of carbonyl (C=O) groups is 1. The molecule has 124 valence electrons. The first-order valence-electron chi connectivity index (χ1n) is 6.97. The summed E-state index contributed by atoms with van der Waals surface area (Å²) in [6.07, 6.45) is 1.66. The van der Waals surface area contributed by atoms with Crippen LogP contribution in [0.1, 0.15) is 0 Å². The number of ether oxygens (including phenoxy) is 1. The van der Waals surface area contributed by atoms with Gasteiger partial charge in [-0.15, -0.1) is 29.9 Å². The number of piperazine rings is 1. The molecule has 9 heteroatoms. The molecule has 1 atom stereocenters. The van der Waals surface area contributed by atoms with Crippen molar-refractivity contribution in [1.29, 1.82) is 0 Å². The van der Waals surface area contributed by atoms with E-state index in [1.54, 1.807) is 6.20 Å². The van der Waals surface area contributed by atoms with E-state index in [4.69, 9.17) is 4.74 Å². The van der Waals surface area contributed by atoms with E-state index in [-0.39, 0.29) is 36.8 Å². The SMILES string of the molecule is Cl.Cl.O=C(C1COCCN1)N1CCN(c2cccnn2)CC1. The molecule has 1 unspecified atom stereocenters. The average molecular weight is 350 g/mol. The van der Waals surface area contributed by atoms with E-state index in [0.717, 1.165) is 25.5 Å². The molecule has 0 saturated carbocycles. The maximum absolute atomic E-state index is 12.3. The Morgan fingerprint density at radius 3 is 2.64 bits per heavy atom. The van der Waals surface area contributed by atoms with Crippen molar-refractivity contribution in [2.45, 2.75) is 6.04 Å². The van der Waals surface area contributed by atoms with Crippen molar-refractivity contribution in [2.75, 3.05) is 50.8 Å². The van der Waals surface area contributed by atoms with Gasteiger partial charge in [0, 0.05) is 38.9 Å². The summed E-state index contributed by atoms with van der Waals surface area (Å²) in [5.41, 5.74) is 0. The number of amides is 1. The van der Waals surface area contributed by atoms with Gasteiger partial charge in [0.1, 0.15) is 6.04 Å². The molecule has 1 aromatic rings. The van der Waals surface area contributed by atoms with Gasteiger partial charge in [0.15, 0.2) is 5.82 Å². The lowest BCUT2D eigenvalue weighted by atomic mass is 10.2. The summed E-state index contributed by atoms with van der Waals surface area (Å²) < 4.78 is 5.35. The van der Waals surface area contributed by atoms with E-state index >= 15 is 0 Å². The minimum Gasteiger partial charge on any atom is -0.378 e. The van der Waals surface area contributed by atoms with Crippen LogP contribution in [0.15, 0.2) is 18.3 Å². The molecule has 2 fully saturated rings. The number of carbonyl (C=O) groups excluding carboxylic acids is 1. The fraction of sp³-hybridized carbons (Fsp3) is 0.615. The maximum atomic E-state index is 12.3. The first-order valence-corrected chi connectivity index (χ1v) is 6.97. The average Bonchev–Trinajstić information content (AvgIpc) is 2.56. The smallest absolute Gasteiger partial charge is 0.242 e. The first kappa shape index (κ1) is 18.9. The minimum atomic E-state index is -0.188. The Labute approximate surface area is 142 Å². The summed E-state index contributed by atoms with van der Waals surface area (Å²) in [5.74, 6) is 1.02. The van der Waals surface area contributed by atoms with Gasteiger partial charge in [-0.1, -0.05) is 0 Å². The Balaban J connectivity index is 0.00000121. The molecule has 0 spiro atoms. The summed E-state index contributed by atoms with van der Waals surface area (Å²) in [7, 11) is 0. The van der Waals surface area contributed by atoms with Gasteiger partial charge in [0.05, 0.1) is 13.2 Å². The molecule has 3 rings (SSSR count).